The van der Waals surface area contributed by atoms with E-state index in [2.05, 4.69) is 10.3 Å². The number of aliphatic hydroxyl groups excluding tert-OH is 1. The molecule has 1 aromatic heterocycles. The Balaban J connectivity index is 1.38. The van der Waals surface area contributed by atoms with Gasteiger partial charge in [-0.1, -0.05) is 54.6 Å². The van der Waals surface area contributed by atoms with Gasteiger partial charge in [-0.05, 0) is 61.7 Å². The van der Waals surface area contributed by atoms with Crippen molar-refractivity contribution >= 4 is 12.1 Å². The van der Waals surface area contributed by atoms with Crippen LogP contribution in [0.25, 0.3) is 0 Å². The van der Waals surface area contributed by atoms with Gasteiger partial charge in [-0.3, -0.25) is 19.1 Å². The van der Waals surface area contributed by atoms with Crippen LogP contribution in [0.4, 0.5) is 4.79 Å². The number of alkyl carbamates (subject to hydrolysis) is 1. The molecule has 1 aliphatic heterocycles. The summed E-state index contributed by atoms with van der Waals surface area (Å²) in [5, 5.41) is 14.2. The first-order valence-corrected chi connectivity index (χ1v) is 17.7. The van der Waals surface area contributed by atoms with E-state index in [1.807, 2.05) is 78.9 Å². The van der Waals surface area contributed by atoms with Crippen molar-refractivity contribution in [2.45, 2.75) is 50.9 Å². The highest BCUT2D eigenvalue weighted by molar-refractivity contribution is 5.75. The van der Waals surface area contributed by atoms with Crippen molar-refractivity contribution in [2.24, 2.45) is 5.41 Å². The normalized spacial score (nSPS) is 18.4. The van der Waals surface area contributed by atoms with Crippen molar-refractivity contribution in [2.75, 3.05) is 47.2 Å². The average Bonchev–Trinajstić information content (AvgIpc) is 3.48. The SMILES string of the molecule is COc1ccc(C(OC[C@H]2O[C@@H](n3ccc(=O)[nH]c3=O)[C@H](OC(=O)NCCOCCOC(=O)C(C)(C)C)[C@@H]2O)(c2ccccc2)c2ccc(OC)cc2)cc1. The van der Waals surface area contributed by atoms with Gasteiger partial charge < -0.3 is 43.6 Å². The van der Waals surface area contributed by atoms with Gasteiger partial charge in [0.25, 0.3) is 5.56 Å². The summed E-state index contributed by atoms with van der Waals surface area (Å²) in [5.74, 6) is 0.911. The quantitative estimate of drug-likeness (QED) is 0.0859. The van der Waals surface area contributed by atoms with Crippen molar-refractivity contribution in [1.82, 2.24) is 14.9 Å². The molecule has 0 unspecified atom stereocenters. The van der Waals surface area contributed by atoms with Crippen LogP contribution in [0.1, 0.15) is 43.7 Å². The number of benzene rings is 3. The Hall–Kier alpha value is -5.48. The smallest absolute Gasteiger partial charge is 0.407 e. The molecule has 2 heterocycles. The highest BCUT2D eigenvalue weighted by Gasteiger charge is 2.49. The molecule has 1 fully saturated rings. The molecule has 0 bridgehead atoms. The van der Waals surface area contributed by atoms with Gasteiger partial charge >= 0.3 is 17.8 Å². The van der Waals surface area contributed by atoms with Crippen molar-refractivity contribution in [1.29, 1.82) is 0 Å². The summed E-state index contributed by atoms with van der Waals surface area (Å²) in [4.78, 5) is 51.9. The maximum atomic E-state index is 13.0. The van der Waals surface area contributed by atoms with Crippen molar-refractivity contribution in [3.05, 3.63) is 129 Å². The molecule has 5 rings (SSSR count). The number of nitrogens with zero attached hydrogens (tertiary/aromatic N) is 1. The third-order valence-corrected chi connectivity index (χ3v) is 8.91. The van der Waals surface area contributed by atoms with Gasteiger partial charge in [-0.15, -0.1) is 0 Å². The first-order chi connectivity index (χ1) is 26.4. The number of aromatic nitrogens is 2. The Labute approximate surface area is 318 Å². The van der Waals surface area contributed by atoms with Gasteiger partial charge in [0.2, 0.25) is 0 Å². The van der Waals surface area contributed by atoms with Gasteiger partial charge in [0.15, 0.2) is 12.3 Å². The molecular weight excluding hydrogens is 714 g/mol. The molecule has 0 aliphatic carbocycles. The molecule has 4 aromatic rings. The Morgan fingerprint density at radius 3 is 2.00 bits per heavy atom. The largest absolute Gasteiger partial charge is 0.497 e. The molecule has 1 saturated heterocycles. The Kier molecular flexibility index (Phi) is 13.5. The molecule has 4 atom stereocenters. The highest BCUT2D eigenvalue weighted by Crippen LogP contribution is 2.43. The predicted molar refractivity (Wildman–Crippen MR) is 199 cm³/mol. The second-order valence-electron chi connectivity index (χ2n) is 13.7. The van der Waals surface area contributed by atoms with Crippen LogP contribution in [0.3, 0.4) is 0 Å². The minimum absolute atomic E-state index is 0.0227. The lowest BCUT2D eigenvalue weighted by atomic mass is 9.80. The summed E-state index contributed by atoms with van der Waals surface area (Å²) < 4.78 is 41.3. The van der Waals surface area contributed by atoms with Crippen LogP contribution in [-0.2, 0) is 34.1 Å². The molecule has 0 saturated carbocycles. The van der Waals surface area contributed by atoms with E-state index in [1.165, 1.54) is 6.20 Å². The zero-order valence-corrected chi connectivity index (χ0v) is 31.4. The maximum Gasteiger partial charge on any atom is 0.407 e. The van der Waals surface area contributed by atoms with Gasteiger partial charge in [0.1, 0.15) is 35.9 Å². The van der Waals surface area contributed by atoms with Gasteiger partial charge in [-0.2, -0.15) is 0 Å². The molecule has 0 radical (unpaired) electrons. The van der Waals surface area contributed by atoms with Gasteiger partial charge in [-0.25, -0.2) is 9.59 Å². The lowest BCUT2D eigenvalue weighted by molar-refractivity contribution is -0.154. The molecule has 55 heavy (non-hydrogen) atoms. The first-order valence-electron chi connectivity index (χ1n) is 17.7. The number of carbonyl (C=O) groups is 2. The fraction of sp³-hybridized carbons (Fsp3) is 0.400. The van der Waals surface area contributed by atoms with Crippen LogP contribution in [0.5, 0.6) is 11.5 Å². The van der Waals surface area contributed by atoms with Gasteiger partial charge in [0, 0.05) is 18.8 Å². The van der Waals surface area contributed by atoms with E-state index in [1.54, 1.807) is 35.0 Å². The standard InChI is InChI=1S/C40H47N3O12/c1-39(2,3)36(46)52-24-23-51-22-20-41-38(48)55-34-33(45)31(54-35(34)43-21-19-32(44)42-37(43)47)25-53-40(26-9-7-6-8-10-26,27-11-15-29(49-4)16-12-27)28-13-17-30(50-5)18-14-28/h6-19,21,31,33-35,45H,20,22-25H2,1-5H3,(H,41,48)(H,42,44,47)/t31-,33-,34-,35-/m1/s1. The zero-order valence-electron chi connectivity index (χ0n) is 31.4. The topological polar surface area (TPSA) is 186 Å². The highest BCUT2D eigenvalue weighted by atomic mass is 16.6. The number of aromatic amines is 1. The number of ether oxygens (including phenoxy) is 7. The summed E-state index contributed by atoms with van der Waals surface area (Å²) in [6.45, 7) is 5.24. The number of carbonyl (C=O) groups excluding carboxylic acids is 2. The van der Waals surface area contributed by atoms with Crippen LogP contribution < -0.4 is 26.0 Å². The number of H-pyrrole nitrogens is 1. The monoisotopic (exact) mass is 761 g/mol. The molecule has 3 aromatic carbocycles. The van der Waals surface area contributed by atoms with E-state index in [0.717, 1.165) is 27.3 Å². The minimum atomic E-state index is -1.50. The van der Waals surface area contributed by atoms with E-state index < -0.39 is 52.9 Å². The number of rotatable bonds is 16. The first kappa shape index (κ1) is 40.7. The van der Waals surface area contributed by atoms with E-state index >= 15 is 0 Å². The molecule has 15 heteroatoms. The lowest BCUT2D eigenvalue weighted by Gasteiger charge is -2.37. The van der Waals surface area contributed by atoms with Crippen molar-refractivity contribution < 1.29 is 47.9 Å². The third kappa shape index (κ3) is 9.80. The Bertz CT molecular complexity index is 1930. The number of esters is 1. The molecule has 294 valence electrons. The fourth-order valence-corrected chi connectivity index (χ4v) is 6.02. The maximum absolute atomic E-state index is 13.0. The Morgan fingerprint density at radius 2 is 1.44 bits per heavy atom. The average molecular weight is 762 g/mol. The second kappa shape index (κ2) is 18.2. The molecule has 1 amide bonds. The second-order valence-corrected chi connectivity index (χ2v) is 13.7. The van der Waals surface area contributed by atoms with Crippen LogP contribution in [-0.4, -0.2) is 92.2 Å². The zero-order chi connectivity index (χ0) is 39.6. The number of methoxy groups -OCH3 is 2. The Morgan fingerprint density at radius 1 is 0.836 bits per heavy atom. The number of amides is 1. The summed E-state index contributed by atoms with van der Waals surface area (Å²) in [6, 6.07) is 25.4. The molecule has 0 spiro atoms. The molecule has 3 N–H and O–H groups in total. The minimum Gasteiger partial charge on any atom is -0.497 e. The van der Waals surface area contributed by atoms with Crippen molar-refractivity contribution in [3.63, 3.8) is 0 Å². The van der Waals surface area contributed by atoms with Crippen molar-refractivity contribution in [3.8, 4) is 11.5 Å². The molecular formula is C40H47N3O12. The third-order valence-electron chi connectivity index (χ3n) is 8.91. The number of hydrogen-bond donors (Lipinski definition) is 3. The molecule has 1 aliphatic rings. The summed E-state index contributed by atoms with van der Waals surface area (Å²) in [7, 11) is 3.15. The van der Waals surface area contributed by atoms with E-state index in [4.69, 9.17) is 33.2 Å². The van der Waals surface area contributed by atoms with Gasteiger partial charge in [0.05, 0.1) is 39.5 Å². The summed E-state index contributed by atoms with van der Waals surface area (Å²) in [6.07, 6.45) is -5.12. The number of nitrogens with one attached hydrogen (secondary N) is 2. The summed E-state index contributed by atoms with van der Waals surface area (Å²) >= 11 is 0. The van der Waals surface area contributed by atoms with E-state index in [0.29, 0.717) is 11.5 Å². The predicted octanol–water partition coefficient (Wildman–Crippen LogP) is 3.52. The van der Waals surface area contributed by atoms with Crippen LogP contribution in [0, 0.1) is 5.41 Å². The van der Waals surface area contributed by atoms with E-state index in [-0.39, 0.29) is 38.9 Å². The van der Waals surface area contributed by atoms with Crippen LogP contribution in [0.15, 0.2) is 101 Å². The molecule has 15 nitrogen and oxygen atoms in total. The number of aliphatic hydroxyl groups is 1. The lowest BCUT2D eigenvalue weighted by Crippen LogP contribution is -2.43. The van der Waals surface area contributed by atoms with Crippen LogP contribution >= 0.6 is 0 Å². The summed E-state index contributed by atoms with van der Waals surface area (Å²) in [5.41, 5.74) is -1.17. The van der Waals surface area contributed by atoms with Crippen LogP contribution in [0.2, 0.25) is 0 Å². The fourth-order valence-electron chi connectivity index (χ4n) is 6.02. The number of hydrogen-bond acceptors (Lipinski definition) is 12. The van der Waals surface area contributed by atoms with E-state index in [9.17, 15) is 24.3 Å².